The second-order valence-electron chi connectivity index (χ2n) is 10.3. The topological polar surface area (TPSA) is 169 Å². The first kappa shape index (κ1) is 28.8. The number of rotatable bonds is 8. The summed E-state index contributed by atoms with van der Waals surface area (Å²) in [6.45, 7) is 1.73. The predicted molar refractivity (Wildman–Crippen MR) is 144 cm³/mol. The Labute approximate surface area is 243 Å². The first-order valence-electron chi connectivity index (χ1n) is 13.6. The van der Waals surface area contributed by atoms with E-state index in [1.165, 1.54) is 11.0 Å². The van der Waals surface area contributed by atoms with Gasteiger partial charge in [0.1, 0.15) is 17.1 Å². The Morgan fingerprint density at radius 3 is 2.51 bits per heavy atom. The highest BCUT2D eigenvalue weighted by atomic mass is 19.4. The second-order valence-corrected chi connectivity index (χ2v) is 10.3. The highest BCUT2D eigenvalue weighted by Crippen LogP contribution is 2.58. The number of aliphatic hydroxyl groups excluding tert-OH is 2. The third-order valence-electron chi connectivity index (χ3n) is 7.54. The van der Waals surface area contributed by atoms with Crippen molar-refractivity contribution in [1.29, 1.82) is 0 Å². The van der Waals surface area contributed by atoms with Gasteiger partial charge < -0.3 is 35.1 Å². The molecule has 4 heterocycles. The van der Waals surface area contributed by atoms with Crippen LogP contribution in [-0.4, -0.2) is 87.4 Å². The van der Waals surface area contributed by atoms with E-state index in [9.17, 15) is 23.1 Å². The zero-order chi connectivity index (χ0) is 30.4. The molecule has 1 saturated carbocycles. The number of cyclic esters (lactones) is 1. The van der Waals surface area contributed by atoms with Crippen molar-refractivity contribution in [2.45, 2.75) is 36.8 Å². The van der Waals surface area contributed by atoms with E-state index in [4.69, 9.17) is 25.1 Å². The van der Waals surface area contributed by atoms with E-state index >= 15 is 0 Å². The molecule has 13 nitrogen and oxygen atoms in total. The van der Waals surface area contributed by atoms with E-state index in [0.29, 0.717) is 50.6 Å². The minimum atomic E-state index is -4.88. The summed E-state index contributed by atoms with van der Waals surface area (Å²) in [7, 11) is 0. The number of nitrogens with zero attached hydrogens (tertiary/aromatic N) is 6. The normalized spacial score (nSPS) is 23.5. The van der Waals surface area contributed by atoms with E-state index in [1.54, 1.807) is 29.2 Å². The molecule has 1 aromatic carbocycles. The van der Waals surface area contributed by atoms with Crippen LogP contribution in [0.3, 0.4) is 0 Å². The van der Waals surface area contributed by atoms with Crippen molar-refractivity contribution in [3.63, 3.8) is 0 Å². The van der Waals surface area contributed by atoms with Gasteiger partial charge >= 0.3 is 12.3 Å². The van der Waals surface area contributed by atoms with Crippen LogP contribution < -0.4 is 20.3 Å². The lowest BCUT2D eigenvalue weighted by Crippen LogP contribution is -2.41. The largest absolute Gasteiger partial charge is 0.494 e. The van der Waals surface area contributed by atoms with Crippen molar-refractivity contribution >= 4 is 23.8 Å². The van der Waals surface area contributed by atoms with Crippen molar-refractivity contribution in [3.8, 4) is 17.0 Å². The number of morpholine rings is 1. The maximum atomic E-state index is 14.0. The third-order valence-corrected chi connectivity index (χ3v) is 7.54. The van der Waals surface area contributed by atoms with Crippen LogP contribution in [0.2, 0.25) is 0 Å². The van der Waals surface area contributed by atoms with E-state index in [2.05, 4.69) is 19.9 Å². The van der Waals surface area contributed by atoms with Crippen LogP contribution in [0, 0.1) is 0 Å². The van der Waals surface area contributed by atoms with Crippen LogP contribution in [0.1, 0.15) is 30.2 Å². The molecule has 43 heavy (non-hydrogen) atoms. The number of carbonyl (C=O) groups excluding carboxylic acids is 1. The Bertz CT molecular complexity index is 1510. The Hall–Kier alpha value is -4.28. The number of alkyl halides is 3. The Morgan fingerprint density at radius 1 is 1.14 bits per heavy atom. The molecule has 2 aromatic heterocycles. The predicted octanol–water partition coefficient (Wildman–Crippen LogP) is 2.33. The molecule has 1 unspecified atom stereocenters. The molecule has 1 amide bonds. The zero-order valence-electron chi connectivity index (χ0n) is 22.7. The standard InChI is InChI=1S/C27H28F3N7O6/c28-27(29,30)21-17(14-32-23(31)35-21)18-12-20(34-24(33-18)36-6-10-41-11-7-36)37-25(40)43-22(26(37)13-19(26)39)15-2-4-16(5-3-15)42-9-1-8-38/h2-5,12,14,19,22,38-39H,1,6-11,13H2,(H2,31,32,35)/t19-,22+,26?/m1/s1. The fourth-order valence-electron chi connectivity index (χ4n) is 5.35. The number of halogens is 3. The van der Waals surface area contributed by atoms with Crippen LogP contribution >= 0.6 is 0 Å². The molecule has 16 heteroatoms. The average Bonchev–Trinajstić information content (AvgIpc) is 3.56. The molecular formula is C27H28F3N7O6. The molecule has 0 bridgehead atoms. The number of hydrogen-bond acceptors (Lipinski definition) is 12. The summed E-state index contributed by atoms with van der Waals surface area (Å²) in [6.07, 6.45) is -6.08. The molecule has 228 valence electrons. The van der Waals surface area contributed by atoms with E-state index in [1.807, 2.05) is 0 Å². The average molecular weight is 604 g/mol. The van der Waals surface area contributed by atoms with Gasteiger partial charge in [0, 0.05) is 50.4 Å². The number of carbonyl (C=O) groups is 1. The summed E-state index contributed by atoms with van der Waals surface area (Å²) >= 11 is 0. The van der Waals surface area contributed by atoms with Gasteiger partial charge in [0.2, 0.25) is 11.9 Å². The number of amides is 1. The van der Waals surface area contributed by atoms with Crippen LogP contribution in [0.15, 0.2) is 36.5 Å². The SMILES string of the molecule is Nc1ncc(-c2cc(N3C(=O)O[C@@H](c4ccc(OCCCO)cc4)C34C[C@H]4O)nc(N3CCOCC3)n2)c(C(F)(F)F)n1. The van der Waals surface area contributed by atoms with Crippen LogP contribution in [0.4, 0.5) is 35.7 Å². The first-order chi connectivity index (χ1) is 20.6. The van der Waals surface area contributed by atoms with E-state index in [-0.39, 0.29) is 30.5 Å². The molecule has 3 fully saturated rings. The quantitative estimate of drug-likeness (QED) is 0.322. The molecule has 2 saturated heterocycles. The number of aromatic nitrogens is 4. The summed E-state index contributed by atoms with van der Waals surface area (Å²) in [5.41, 5.74) is 2.87. The molecule has 4 N–H and O–H groups in total. The van der Waals surface area contributed by atoms with Crippen molar-refractivity contribution in [2.75, 3.05) is 55.1 Å². The highest BCUT2D eigenvalue weighted by Gasteiger charge is 2.71. The maximum absolute atomic E-state index is 14.0. The number of aliphatic hydroxyl groups is 2. The number of hydrogen-bond donors (Lipinski definition) is 3. The van der Waals surface area contributed by atoms with Crippen LogP contribution in [0.25, 0.3) is 11.3 Å². The lowest BCUT2D eigenvalue weighted by molar-refractivity contribution is -0.140. The molecule has 3 aromatic rings. The number of benzene rings is 1. The monoisotopic (exact) mass is 603 g/mol. The minimum absolute atomic E-state index is 0.00672. The molecule has 2 aliphatic heterocycles. The summed E-state index contributed by atoms with van der Waals surface area (Å²) in [4.78, 5) is 32.5. The van der Waals surface area contributed by atoms with Crippen molar-refractivity contribution in [3.05, 3.63) is 47.8 Å². The summed E-state index contributed by atoms with van der Waals surface area (Å²) in [5.74, 6) is -0.00346. The Morgan fingerprint density at radius 2 is 1.86 bits per heavy atom. The minimum Gasteiger partial charge on any atom is -0.494 e. The number of nitrogen functional groups attached to an aromatic ring is 1. The molecule has 3 aliphatic rings. The van der Waals surface area contributed by atoms with E-state index < -0.39 is 47.2 Å². The molecule has 6 rings (SSSR count). The second kappa shape index (κ2) is 11.1. The molecule has 0 radical (unpaired) electrons. The lowest BCUT2D eigenvalue weighted by atomic mass is 9.99. The summed E-state index contributed by atoms with van der Waals surface area (Å²) in [5, 5.41) is 19.9. The molecule has 3 atom stereocenters. The van der Waals surface area contributed by atoms with Gasteiger partial charge in [-0.15, -0.1) is 0 Å². The fourth-order valence-corrected chi connectivity index (χ4v) is 5.35. The van der Waals surface area contributed by atoms with Crippen molar-refractivity contribution in [2.24, 2.45) is 0 Å². The lowest BCUT2D eigenvalue weighted by Gasteiger charge is -2.29. The Kier molecular flexibility index (Phi) is 7.43. The van der Waals surface area contributed by atoms with Crippen LogP contribution in [0.5, 0.6) is 5.75 Å². The van der Waals surface area contributed by atoms with Gasteiger partial charge in [-0.25, -0.2) is 24.6 Å². The summed E-state index contributed by atoms with van der Waals surface area (Å²) in [6, 6.07) is 8.00. The first-order valence-corrected chi connectivity index (χ1v) is 13.6. The van der Waals surface area contributed by atoms with Crippen molar-refractivity contribution in [1.82, 2.24) is 19.9 Å². The van der Waals surface area contributed by atoms with Gasteiger partial charge in [-0.2, -0.15) is 18.2 Å². The van der Waals surface area contributed by atoms with Gasteiger partial charge in [-0.1, -0.05) is 12.1 Å². The van der Waals surface area contributed by atoms with Gasteiger partial charge in [-0.05, 0) is 17.7 Å². The molecule has 1 aliphatic carbocycles. The number of nitrogens with two attached hydrogens (primary N) is 1. The zero-order valence-corrected chi connectivity index (χ0v) is 22.7. The number of anilines is 3. The fraction of sp³-hybridized carbons (Fsp3) is 0.444. The third kappa shape index (κ3) is 5.36. The van der Waals surface area contributed by atoms with Crippen molar-refractivity contribution < 1.29 is 42.4 Å². The van der Waals surface area contributed by atoms with Gasteiger partial charge in [-0.3, -0.25) is 0 Å². The van der Waals surface area contributed by atoms with Gasteiger partial charge in [0.05, 0.1) is 31.6 Å². The maximum Gasteiger partial charge on any atom is 0.434 e. The molecular weight excluding hydrogens is 575 g/mol. The number of ether oxygens (including phenoxy) is 3. The summed E-state index contributed by atoms with van der Waals surface area (Å²) < 4.78 is 58.8. The highest BCUT2D eigenvalue weighted by molar-refractivity contribution is 5.93. The van der Waals surface area contributed by atoms with E-state index in [0.717, 1.165) is 6.20 Å². The smallest absolute Gasteiger partial charge is 0.434 e. The Balaban J connectivity index is 1.41. The van der Waals surface area contributed by atoms with Gasteiger partial charge in [0.15, 0.2) is 11.8 Å². The van der Waals surface area contributed by atoms with Gasteiger partial charge in [0.25, 0.3) is 0 Å². The molecule has 1 spiro atoms. The van der Waals surface area contributed by atoms with Crippen LogP contribution in [-0.2, 0) is 15.7 Å².